The molecule has 0 N–H and O–H groups in total. The van der Waals surface area contributed by atoms with E-state index < -0.39 is 0 Å². The van der Waals surface area contributed by atoms with Crippen LogP contribution in [0.5, 0.6) is 0 Å². The standard InChI is InChI=1S/C27H28/c1-2-19-27(20-10-5-11-21-27)25-18-12-17-24(22-13-6-3-7-14-22)26(25)23-15-8-4-9-16-23/h2-4,6-9,12-18H,1,5,10-11,19-21H2. The average Bonchev–Trinajstić information content (AvgIpc) is 2.75. The van der Waals surface area contributed by atoms with Crippen molar-refractivity contribution in [3.05, 3.63) is 97.1 Å². The van der Waals surface area contributed by atoms with E-state index in [1.54, 1.807) is 0 Å². The molecule has 0 saturated heterocycles. The number of hydrogen-bond acceptors (Lipinski definition) is 0. The van der Waals surface area contributed by atoms with Crippen LogP contribution in [0.3, 0.4) is 0 Å². The van der Waals surface area contributed by atoms with Crippen LogP contribution in [-0.4, -0.2) is 0 Å². The lowest BCUT2D eigenvalue weighted by Gasteiger charge is -2.39. The molecule has 0 atom stereocenters. The average molecular weight is 353 g/mol. The van der Waals surface area contributed by atoms with Crippen LogP contribution < -0.4 is 0 Å². The highest BCUT2D eigenvalue weighted by atomic mass is 14.4. The molecule has 1 fully saturated rings. The second-order valence-corrected chi connectivity index (χ2v) is 7.79. The third-order valence-corrected chi connectivity index (χ3v) is 6.13. The van der Waals surface area contributed by atoms with Crippen molar-refractivity contribution in [1.82, 2.24) is 0 Å². The third kappa shape index (κ3) is 3.49. The van der Waals surface area contributed by atoms with Crippen molar-refractivity contribution >= 4 is 0 Å². The van der Waals surface area contributed by atoms with Gasteiger partial charge in [0.25, 0.3) is 0 Å². The maximum absolute atomic E-state index is 4.11. The summed E-state index contributed by atoms with van der Waals surface area (Å²) in [5.74, 6) is 0. The van der Waals surface area contributed by atoms with Gasteiger partial charge < -0.3 is 0 Å². The van der Waals surface area contributed by atoms with E-state index in [0.717, 1.165) is 6.42 Å². The minimum Gasteiger partial charge on any atom is -0.103 e. The Morgan fingerprint density at radius 1 is 0.704 bits per heavy atom. The van der Waals surface area contributed by atoms with Crippen LogP contribution in [0.15, 0.2) is 91.5 Å². The minimum atomic E-state index is 0.218. The van der Waals surface area contributed by atoms with Crippen molar-refractivity contribution in [1.29, 1.82) is 0 Å². The highest BCUT2D eigenvalue weighted by Gasteiger charge is 2.35. The number of allylic oxidation sites excluding steroid dienone is 1. The second kappa shape index (κ2) is 7.96. The van der Waals surface area contributed by atoms with Gasteiger partial charge in [-0.2, -0.15) is 0 Å². The molecule has 0 nitrogen and oxygen atoms in total. The molecule has 4 rings (SSSR count). The molecule has 0 heterocycles. The molecule has 3 aromatic carbocycles. The zero-order valence-electron chi connectivity index (χ0n) is 16.0. The van der Waals surface area contributed by atoms with Crippen LogP contribution in [0.2, 0.25) is 0 Å². The summed E-state index contributed by atoms with van der Waals surface area (Å²) < 4.78 is 0. The van der Waals surface area contributed by atoms with E-state index in [1.807, 2.05) is 0 Å². The van der Waals surface area contributed by atoms with Gasteiger partial charge in [-0.25, -0.2) is 0 Å². The van der Waals surface area contributed by atoms with Gasteiger partial charge in [-0.15, -0.1) is 6.58 Å². The van der Waals surface area contributed by atoms with Crippen molar-refractivity contribution in [2.45, 2.75) is 43.9 Å². The summed E-state index contributed by atoms with van der Waals surface area (Å²) in [6.45, 7) is 4.11. The molecule has 0 unspecified atom stereocenters. The van der Waals surface area contributed by atoms with Crippen molar-refractivity contribution in [2.24, 2.45) is 0 Å². The summed E-state index contributed by atoms with van der Waals surface area (Å²) in [5, 5.41) is 0. The van der Waals surface area contributed by atoms with E-state index in [4.69, 9.17) is 0 Å². The summed E-state index contributed by atoms with van der Waals surface area (Å²) in [7, 11) is 0. The topological polar surface area (TPSA) is 0 Å². The van der Waals surface area contributed by atoms with Crippen LogP contribution >= 0.6 is 0 Å². The van der Waals surface area contributed by atoms with Gasteiger partial charge in [0.05, 0.1) is 0 Å². The molecule has 27 heavy (non-hydrogen) atoms. The smallest absolute Gasteiger partial charge is 0.000628 e. The zero-order valence-corrected chi connectivity index (χ0v) is 16.0. The Morgan fingerprint density at radius 2 is 1.33 bits per heavy atom. The van der Waals surface area contributed by atoms with Gasteiger partial charge in [0.1, 0.15) is 0 Å². The molecule has 0 spiro atoms. The number of rotatable bonds is 5. The van der Waals surface area contributed by atoms with Crippen LogP contribution in [0.1, 0.15) is 44.1 Å². The Labute approximate surface area is 163 Å². The molecule has 0 bridgehead atoms. The van der Waals surface area contributed by atoms with Gasteiger partial charge in [0.15, 0.2) is 0 Å². The lowest BCUT2D eigenvalue weighted by atomic mass is 9.65. The summed E-state index contributed by atoms with van der Waals surface area (Å²) in [6, 6.07) is 28.7. The highest BCUT2D eigenvalue weighted by molar-refractivity contribution is 5.86. The molecule has 1 saturated carbocycles. The maximum atomic E-state index is 4.11. The van der Waals surface area contributed by atoms with Crippen molar-refractivity contribution in [3.63, 3.8) is 0 Å². The Bertz CT molecular complexity index is 884. The SMILES string of the molecule is C=CCC1(c2cccc(-c3ccccc3)c2-c2ccccc2)CCCCC1. The normalized spacial score (nSPS) is 16.0. The first-order valence-corrected chi connectivity index (χ1v) is 10.2. The van der Waals surface area contributed by atoms with Crippen molar-refractivity contribution in [2.75, 3.05) is 0 Å². The fourth-order valence-electron chi connectivity index (χ4n) is 4.86. The molecule has 0 amide bonds. The van der Waals surface area contributed by atoms with E-state index >= 15 is 0 Å². The van der Waals surface area contributed by atoms with Crippen molar-refractivity contribution < 1.29 is 0 Å². The van der Waals surface area contributed by atoms with Gasteiger partial charge in [0.2, 0.25) is 0 Å². The first kappa shape index (κ1) is 17.8. The van der Waals surface area contributed by atoms with Crippen LogP contribution in [0.25, 0.3) is 22.3 Å². The Hall–Kier alpha value is -2.60. The number of benzene rings is 3. The van der Waals surface area contributed by atoms with Gasteiger partial charge in [-0.1, -0.05) is 104 Å². The van der Waals surface area contributed by atoms with Gasteiger partial charge in [-0.3, -0.25) is 0 Å². The molecular weight excluding hydrogens is 324 g/mol. The van der Waals surface area contributed by atoms with Crippen LogP contribution in [-0.2, 0) is 5.41 Å². The molecular formula is C27H28. The van der Waals surface area contributed by atoms with Crippen LogP contribution in [0.4, 0.5) is 0 Å². The van der Waals surface area contributed by atoms with E-state index in [-0.39, 0.29) is 5.41 Å². The van der Waals surface area contributed by atoms with Gasteiger partial charge in [0, 0.05) is 0 Å². The molecule has 0 aliphatic heterocycles. The molecule has 0 heteroatoms. The molecule has 0 radical (unpaired) electrons. The zero-order chi connectivity index (χ0) is 18.5. The first-order chi connectivity index (χ1) is 13.3. The van der Waals surface area contributed by atoms with Crippen LogP contribution in [0, 0.1) is 0 Å². The fraction of sp³-hybridized carbons (Fsp3) is 0.259. The summed E-state index contributed by atoms with van der Waals surface area (Å²) in [4.78, 5) is 0. The quantitative estimate of drug-likeness (QED) is 0.411. The Morgan fingerprint density at radius 3 is 1.96 bits per heavy atom. The molecule has 1 aliphatic rings. The van der Waals surface area contributed by atoms with E-state index in [2.05, 4.69) is 91.5 Å². The predicted octanol–water partition coefficient (Wildman–Crippen LogP) is 7.80. The minimum absolute atomic E-state index is 0.218. The van der Waals surface area contributed by atoms with E-state index in [9.17, 15) is 0 Å². The first-order valence-electron chi connectivity index (χ1n) is 10.2. The largest absolute Gasteiger partial charge is 0.103 e. The molecule has 1 aliphatic carbocycles. The Balaban J connectivity index is 1.98. The maximum Gasteiger partial charge on any atom is -0.000628 e. The second-order valence-electron chi connectivity index (χ2n) is 7.79. The summed E-state index contributed by atoms with van der Waals surface area (Å²) >= 11 is 0. The van der Waals surface area contributed by atoms with Gasteiger partial charge >= 0.3 is 0 Å². The highest BCUT2D eigenvalue weighted by Crippen LogP contribution is 2.48. The molecule has 3 aromatic rings. The Kier molecular flexibility index (Phi) is 5.25. The lowest BCUT2D eigenvalue weighted by Crippen LogP contribution is -2.29. The van der Waals surface area contributed by atoms with E-state index in [1.165, 1.54) is 59.9 Å². The fourth-order valence-corrected chi connectivity index (χ4v) is 4.86. The van der Waals surface area contributed by atoms with Crippen molar-refractivity contribution in [3.8, 4) is 22.3 Å². The molecule has 0 aromatic heterocycles. The van der Waals surface area contributed by atoms with E-state index in [0.29, 0.717) is 0 Å². The lowest BCUT2D eigenvalue weighted by molar-refractivity contribution is 0.296. The summed E-state index contributed by atoms with van der Waals surface area (Å²) in [6.07, 6.45) is 9.71. The third-order valence-electron chi connectivity index (χ3n) is 6.13. The van der Waals surface area contributed by atoms with Gasteiger partial charge in [-0.05, 0) is 52.5 Å². The predicted molar refractivity (Wildman–Crippen MR) is 117 cm³/mol. The molecule has 136 valence electrons. The monoisotopic (exact) mass is 352 g/mol. The summed E-state index contributed by atoms with van der Waals surface area (Å²) in [5.41, 5.74) is 7.09. The number of hydrogen-bond donors (Lipinski definition) is 0.